The van der Waals surface area contributed by atoms with Crippen molar-refractivity contribution in [3.8, 4) is 17.2 Å². The zero-order chi connectivity index (χ0) is 21.9. The van der Waals surface area contributed by atoms with Crippen LogP contribution in [0.5, 0.6) is 0 Å². The lowest BCUT2D eigenvalue weighted by Crippen LogP contribution is -2.25. The Kier molecular flexibility index (Phi) is 9.20. The summed E-state index contributed by atoms with van der Waals surface area (Å²) in [4.78, 5) is 0. The highest BCUT2D eigenvalue weighted by Crippen LogP contribution is 2.45. The fraction of sp³-hybridized carbons (Fsp3) is 0.567. The summed E-state index contributed by atoms with van der Waals surface area (Å²) < 4.78 is 0. The van der Waals surface area contributed by atoms with E-state index in [4.69, 9.17) is 0 Å². The van der Waals surface area contributed by atoms with Crippen LogP contribution in [-0.2, 0) is 6.42 Å². The quantitative estimate of drug-likeness (QED) is 0.335. The van der Waals surface area contributed by atoms with Gasteiger partial charge in [0, 0.05) is 0 Å². The van der Waals surface area contributed by atoms with E-state index in [0.29, 0.717) is 5.92 Å². The van der Waals surface area contributed by atoms with E-state index in [2.05, 4.69) is 68.4 Å². The van der Waals surface area contributed by atoms with Crippen molar-refractivity contribution in [3.05, 3.63) is 59.7 Å². The number of hydrogen-bond donors (Lipinski definition) is 0. The molecule has 0 aromatic heterocycles. The van der Waals surface area contributed by atoms with E-state index in [1.807, 2.05) is 0 Å². The predicted molar refractivity (Wildman–Crippen MR) is 133 cm³/mol. The molecule has 0 heterocycles. The molecule has 3 rings (SSSR count). The second-order valence-electron chi connectivity index (χ2n) is 9.75. The first-order chi connectivity index (χ1) is 15.2. The number of rotatable bonds is 11. The fourth-order valence-electron chi connectivity index (χ4n) is 5.20. The van der Waals surface area contributed by atoms with Gasteiger partial charge in [-0.25, -0.2) is 0 Å². The van der Waals surface area contributed by atoms with Gasteiger partial charge in [0.1, 0.15) is 0 Å². The lowest BCUT2D eigenvalue weighted by molar-refractivity contribution is 0.223. The summed E-state index contributed by atoms with van der Waals surface area (Å²) in [6.45, 7) is 4.51. The molecule has 1 fully saturated rings. The standard InChI is InChI=1S/C30H41N/c1-3-5-7-9-21-30(24-31)22-19-29(20-23-30)28-17-15-27(16-18-28)26-13-11-25(12-14-26)10-8-6-4-2/h11-18,29H,3-10,19-23H2,1-2H3. The number of nitriles is 1. The summed E-state index contributed by atoms with van der Waals surface area (Å²) in [5, 5.41) is 9.85. The monoisotopic (exact) mass is 415 g/mol. The van der Waals surface area contributed by atoms with Gasteiger partial charge in [-0.15, -0.1) is 0 Å². The van der Waals surface area contributed by atoms with Crippen LogP contribution in [0.4, 0.5) is 0 Å². The van der Waals surface area contributed by atoms with Crippen molar-refractivity contribution in [1.29, 1.82) is 5.26 Å². The smallest absolute Gasteiger partial charge is 0.0689 e. The molecule has 0 atom stereocenters. The molecule has 1 saturated carbocycles. The molecular weight excluding hydrogens is 374 g/mol. The number of nitrogens with zero attached hydrogens (tertiary/aromatic N) is 1. The Morgan fingerprint density at radius 2 is 1.35 bits per heavy atom. The predicted octanol–water partition coefficient (Wildman–Crippen LogP) is 9.22. The summed E-state index contributed by atoms with van der Waals surface area (Å²) in [5.41, 5.74) is 5.47. The van der Waals surface area contributed by atoms with E-state index in [0.717, 1.165) is 32.1 Å². The molecule has 0 bridgehead atoms. The van der Waals surface area contributed by atoms with Crippen LogP contribution in [0.3, 0.4) is 0 Å². The van der Waals surface area contributed by atoms with Gasteiger partial charge in [0.05, 0.1) is 11.5 Å². The number of benzene rings is 2. The van der Waals surface area contributed by atoms with Crippen LogP contribution in [0.15, 0.2) is 48.5 Å². The van der Waals surface area contributed by atoms with Crippen LogP contribution in [0.2, 0.25) is 0 Å². The largest absolute Gasteiger partial charge is 0.198 e. The average molecular weight is 416 g/mol. The van der Waals surface area contributed by atoms with Gasteiger partial charge < -0.3 is 0 Å². The fourth-order valence-corrected chi connectivity index (χ4v) is 5.20. The van der Waals surface area contributed by atoms with Crippen LogP contribution in [0.25, 0.3) is 11.1 Å². The van der Waals surface area contributed by atoms with Crippen LogP contribution in [0, 0.1) is 16.7 Å². The highest BCUT2D eigenvalue weighted by atomic mass is 14.4. The maximum absolute atomic E-state index is 9.85. The van der Waals surface area contributed by atoms with Gasteiger partial charge in [-0.2, -0.15) is 5.26 Å². The molecule has 166 valence electrons. The van der Waals surface area contributed by atoms with Crippen molar-refractivity contribution in [2.45, 2.75) is 103 Å². The highest BCUT2D eigenvalue weighted by Gasteiger charge is 2.35. The minimum atomic E-state index is -0.0525. The van der Waals surface area contributed by atoms with E-state index >= 15 is 0 Å². The Bertz CT molecular complexity index is 801. The lowest BCUT2D eigenvalue weighted by Gasteiger charge is -2.35. The first kappa shape index (κ1) is 23.6. The Morgan fingerprint density at radius 1 is 0.774 bits per heavy atom. The Hall–Kier alpha value is -2.07. The Balaban J connectivity index is 1.54. The first-order valence-electron chi connectivity index (χ1n) is 12.8. The van der Waals surface area contributed by atoms with Crippen molar-refractivity contribution >= 4 is 0 Å². The molecular formula is C30H41N. The van der Waals surface area contributed by atoms with Gasteiger partial charge >= 0.3 is 0 Å². The molecule has 0 N–H and O–H groups in total. The van der Waals surface area contributed by atoms with E-state index in [1.165, 1.54) is 73.6 Å². The van der Waals surface area contributed by atoms with Gasteiger partial charge in [0.2, 0.25) is 0 Å². The summed E-state index contributed by atoms with van der Waals surface area (Å²) >= 11 is 0. The van der Waals surface area contributed by atoms with Gasteiger partial charge in [0.15, 0.2) is 0 Å². The summed E-state index contributed by atoms with van der Waals surface area (Å²) in [6, 6.07) is 21.1. The van der Waals surface area contributed by atoms with E-state index < -0.39 is 0 Å². The van der Waals surface area contributed by atoms with E-state index in [9.17, 15) is 5.26 Å². The SMILES string of the molecule is CCCCCCC1(C#N)CCC(c2ccc(-c3ccc(CCCCC)cc3)cc2)CC1. The molecule has 0 aliphatic heterocycles. The van der Waals surface area contributed by atoms with Crippen molar-refractivity contribution in [1.82, 2.24) is 0 Å². The number of unbranched alkanes of at least 4 members (excludes halogenated alkanes) is 5. The second-order valence-corrected chi connectivity index (χ2v) is 9.75. The minimum absolute atomic E-state index is 0.0525. The van der Waals surface area contributed by atoms with Gasteiger partial charge in [-0.1, -0.05) is 101 Å². The Morgan fingerprint density at radius 3 is 1.94 bits per heavy atom. The number of aryl methyl sites for hydroxylation is 1. The Labute approximate surface area is 190 Å². The molecule has 2 aromatic rings. The lowest BCUT2D eigenvalue weighted by atomic mass is 9.67. The molecule has 0 radical (unpaired) electrons. The third-order valence-electron chi connectivity index (χ3n) is 7.43. The molecule has 1 nitrogen and oxygen atoms in total. The molecule has 0 amide bonds. The molecule has 31 heavy (non-hydrogen) atoms. The molecule has 0 spiro atoms. The molecule has 1 heteroatoms. The zero-order valence-electron chi connectivity index (χ0n) is 19.8. The van der Waals surface area contributed by atoms with Crippen molar-refractivity contribution in [2.75, 3.05) is 0 Å². The second kappa shape index (κ2) is 12.1. The van der Waals surface area contributed by atoms with Crippen LogP contribution in [-0.4, -0.2) is 0 Å². The molecule has 1 aliphatic carbocycles. The van der Waals surface area contributed by atoms with Crippen molar-refractivity contribution in [2.24, 2.45) is 5.41 Å². The maximum atomic E-state index is 9.85. The maximum Gasteiger partial charge on any atom is 0.0689 e. The summed E-state index contributed by atoms with van der Waals surface area (Å²) in [5.74, 6) is 0.618. The van der Waals surface area contributed by atoms with Gasteiger partial charge in [0.25, 0.3) is 0 Å². The summed E-state index contributed by atoms with van der Waals surface area (Å²) in [6.07, 6.45) is 15.7. The van der Waals surface area contributed by atoms with E-state index in [-0.39, 0.29) is 5.41 Å². The summed E-state index contributed by atoms with van der Waals surface area (Å²) in [7, 11) is 0. The van der Waals surface area contributed by atoms with Gasteiger partial charge in [-0.05, 0) is 73.1 Å². The molecule has 0 unspecified atom stereocenters. The highest BCUT2D eigenvalue weighted by molar-refractivity contribution is 5.64. The molecule has 2 aromatic carbocycles. The zero-order valence-corrected chi connectivity index (χ0v) is 19.8. The van der Waals surface area contributed by atoms with Crippen molar-refractivity contribution in [3.63, 3.8) is 0 Å². The van der Waals surface area contributed by atoms with E-state index in [1.54, 1.807) is 0 Å². The first-order valence-corrected chi connectivity index (χ1v) is 12.8. The van der Waals surface area contributed by atoms with Crippen molar-refractivity contribution < 1.29 is 0 Å². The van der Waals surface area contributed by atoms with Crippen LogP contribution in [0.1, 0.15) is 108 Å². The van der Waals surface area contributed by atoms with Crippen LogP contribution >= 0.6 is 0 Å². The normalized spacial score (nSPS) is 21.0. The minimum Gasteiger partial charge on any atom is -0.198 e. The molecule has 0 saturated heterocycles. The number of hydrogen-bond acceptors (Lipinski definition) is 1. The van der Waals surface area contributed by atoms with Gasteiger partial charge in [-0.3, -0.25) is 0 Å². The van der Waals surface area contributed by atoms with Crippen LogP contribution < -0.4 is 0 Å². The third-order valence-corrected chi connectivity index (χ3v) is 7.43. The molecule has 1 aliphatic rings. The third kappa shape index (κ3) is 6.70. The topological polar surface area (TPSA) is 23.8 Å². The average Bonchev–Trinajstić information content (AvgIpc) is 2.83.